The number of carbonyl (C=O) groups excluding carboxylic acids is 1. The van der Waals surface area contributed by atoms with Crippen molar-refractivity contribution in [1.82, 2.24) is 5.32 Å². The van der Waals surface area contributed by atoms with Gasteiger partial charge >= 0.3 is 6.09 Å². The topological polar surface area (TPSA) is 72.5 Å². The average molecular weight is 258 g/mol. The second-order valence-corrected chi connectivity index (χ2v) is 6.92. The quantitative estimate of drug-likeness (QED) is 0.611. The first-order valence-corrected chi connectivity index (χ1v) is 6.97. The lowest BCUT2D eigenvalue weighted by atomic mass is 10.2. The second kappa shape index (κ2) is 5.55. The Balaban J connectivity index is 3.66. The summed E-state index contributed by atoms with van der Waals surface area (Å²) in [5.41, 5.74) is -0.553. The van der Waals surface area contributed by atoms with Gasteiger partial charge in [0, 0.05) is 17.2 Å². The summed E-state index contributed by atoms with van der Waals surface area (Å²) in [5.74, 6) is -0.162. The van der Waals surface area contributed by atoms with Crippen LogP contribution in [0.15, 0.2) is 0 Å². The highest BCUT2D eigenvalue weighted by molar-refractivity contribution is 8.13. The fraction of sp³-hybridized carbons (Fsp3) is 0.875. The van der Waals surface area contributed by atoms with Crippen LogP contribution >= 0.6 is 10.7 Å². The molecule has 0 radical (unpaired) electrons. The van der Waals surface area contributed by atoms with E-state index in [1.807, 2.05) is 0 Å². The number of nitrogens with one attached hydrogen (secondary N) is 1. The van der Waals surface area contributed by atoms with Crippen molar-refractivity contribution in [3.05, 3.63) is 0 Å². The minimum atomic E-state index is -3.48. The molecule has 5 nitrogen and oxygen atoms in total. The predicted octanol–water partition coefficient (Wildman–Crippen LogP) is 1.47. The lowest BCUT2D eigenvalue weighted by molar-refractivity contribution is 0.0528. The summed E-state index contributed by atoms with van der Waals surface area (Å²) in [6, 6.07) is 0. The molecule has 0 atom stereocenters. The van der Waals surface area contributed by atoms with E-state index in [0.29, 0.717) is 0 Å². The largest absolute Gasteiger partial charge is 0.444 e. The van der Waals surface area contributed by atoms with E-state index in [2.05, 4.69) is 5.32 Å². The monoisotopic (exact) mass is 257 g/mol. The molecule has 0 fully saturated rings. The summed E-state index contributed by atoms with van der Waals surface area (Å²) in [7, 11) is 1.51. The zero-order valence-corrected chi connectivity index (χ0v) is 10.6. The van der Waals surface area contributed by atoms with Crippen molar-refractivity contribution in [2.45, 2.75) is 32.8 Å². The Morgan fingerprint density at radius 3 is 2.33 bits per heavy atom. The van der Waals surface area contributed by atoms with Gasteiger partial charge in [-0.1, -0.05) is 0 Å². The molecular formula is C8H16ClNO4S. The van der Waals surface area contributed by atoms with Gasteiger partial charge in [0.05, 0.1) is 5.75 Å². The van der Waals surface area contributed by atoms with Gasteiger partial charge in [-0.15, -0.1) is 0 Å². The third-order valence-electron chi connectivity index (χ3n) is 1.23. The van der Waals surface area contributed by atoms with Crippen LogP contribution in [0.3, 0.4) is 0 Å². The molecule has 1 N–H and O–H groups in total. The van der Waals surface area contributed by atoms with E-state index in [4.69, 9.17) is 15.4 Å². The SMILES string of the molecule is CC(C)(C)OC(=O)NCCCS(=O)(=O)Cl. The van der Waals surface area contributed by atoms with E-state index in [-0.39, 0.29) is 18.7 Å². The lowest BCUT2D eigenvalue weighted by Gasteiger charge is -2.19. The molecule has 0 saturated heterocycles. The summed E-state index contributed by atoms with van der Waals surface area (Å²) in [6.07, 6.45) is -0.292. The van der Waals surface area contributed by atoms with Crippen molar-refractivity contribution < 1.29 is 17.9 Å². The van der Waals surface area contributed by atoms with Crippen molar-refractivity contribution in [3.8, 4) is 0 Å². The zero-order valence-electron chi connectivity index (χ0n) is 9.04. The van der Waals surface area contributed by atoms with Gasteiger partial charge in [0.25, 0.3) is 0 Å². The Kier molecular flexibility index (Phi) is 5.37. The standard InChI is InChI=1S/C8H16ClNO4S/c1-8(2,3)14-7(11)10-5-4-6-15(9,12)13/h4-6H2,1-3H3,(H,10,11). The number of halogens is 1. The molecule has 7 heteroatoms. The molecule has 0 unspecified atom stereocenters. The molecule has 0 bridgehead atoms. The molecule has 0 aromatic rings. The van der Waals surface area contributed by atoms with Crippen molar-refractivity contribution in [1.29, 1.82) is 0 Å². The Hall–Kier alpha value is -0.490. The van der Waals surface area contributed by atoms with Gasteiger partial charge in [0.2, 0.25) is 9.05 Å². The van der Waals surface area contributed by atoms with Crippen LogP contribution in [0.1, 0.15) is 27.2 Å². The molecule has 0 heterocycles. The van der Waals surface area contributed by atoms with Crippen LogP contribution in [0.2, 0.25) is 0 Å². The van der Waals surface area contributed by atoms with E-state index in [1.165, 1.54) is 0 Å². The van der Waals surface area contributed by atoms with Crippen LogP contribution in [-0.4, -0.2) is 32.4 Å². The lowest BCUT2D eigenvalue weighted by Crippen LogP contribution is -2.33. The van der Waals surface area contributed by atoms with Gasteiger partial charge in [0.15, 0.2) is 0 Å². The maximum Gasteiger partial charge on any atom is 0.407 e. The molecule has 0 rings (SSSR count). The van der Waals surface area contributed by atoms with Gasteiger partial charge in [0.1, 0.15) is 5.60 Å². The first-order valence-electron chi connectivity index (χ1n) is 4.49. The third kappa shape index (κ3) is 11.4. The minimum absolute atomic E-state index is 0.162. The van der Waals surface area contributed by atoms with Crippen LogP contribution in [0.25, 0.3) is 0 Å². The number of ether oxygens (including phenoxy) is 1. The molecule has 0 aromatic heterocycles. The Morgan fingerprint density at radius 2 is 1.93 bits per heavy atom. The van der Waals surface area contributed by atoms with E-state index >= 15 is 0 Å². The van der Waals surface area contributed by atoms with Gasteiger partial charge in [-0.2, -0.15) is 0 Å². The van der Waals surface area contributed by atoms with E-state index in [9.17, 15) is 13.2 Å². The van der Waals surface area contributed by atoms with Gasteiger partial charge in [-0.25, -0.2) is 13.2 Å². The molecule has 90 valence electrons. The maximum absolute atomic E-state index is 11.1. The Labute approximate surface area is 94.6 Å². The number of hydrogen-bond acceptors (Lipinski definition) is 4. The highest BCUT2D eigenvalue weighted by Crippen LogP contribution is 2.06. The summed E-state index contributed by atoms with van der Waals surface area (Å²) in [4.78, 5) is 11.1. The van der Waals surface area contributed by atoms with Crippen LogP contribution in [-0.2, 0) is 13.8 Å². The molecule has 0 aliphatic heterocycles. The molecule has 15 heavy (non-hydrogen) atoms. The average Bonchev–Trinajstić information content (AvgIpc) is 1.92. The summed E-state index contributed by atoms with van der Waals surface area (Å²) < 4.78 is 26.0. The Morgan fingerprint density at radius 1 is 1.40 bits per heavy atom. The fourth-order valence-electron chi connectivity index (χ4n) is 0.749. The van der Waals surface area contributed by atoms with Crippen LogP contribution in [0, 0.1) is 0 Å². The molecule has 0 aliphatic rings. The highest BCUT2D eigenvalue weighted by atomic mass is 35.7. The van der Waals surface area contributed by atoms with Crippen molar-refractivity contribution in [2.75, 3.05) is 12.3 Å². The normalized spacial score (nSPS) is 12.3. The predicted molar refractivity (Wildman–Crippen MR) is 58.5 cm³/mol. The number of alkyl carbamates (subject to hydrolysis) is 1. The minimum Gasteiger partial charge on any atom is -0.444 e. The molecular weight excluding hydrogens is 242 g/mol. The first-order chi connectivity index (χ1) is 6.60. The van der Waals surface area contributed by atoms with E-state index < -0.39 is 20.7 Å². The van der Waals surface area contributed by atoms with Crippen LogP contribution in [0.5, 0.6) is 0 Å². The fourth-order valence-corrected chi connectivity index (χ4v) is 1.57. The molecule has 0 spiro atoms. The van der Waals surface area contributed by atoms with Gasteiger partial charge in [-0.3, -0.25) is 0 Å². The van der Waals surface area contributed by atoms with Crippen molar-refractivity contribution in [3.63, 3.8) is 0 Å². The number of amides is 1. The van der Waals surface area contributed by atoms with Crippen LogP contribution < -0.4 is 5.32 Å². The van der Waals surface area contributed by atoms with Gasteiger partial charge in [-0.05, 0) is 27.2 Å². The number of rotatable bonds is 4. The summed E-state index contributed by atoms with van der Waals surface area (Å²) >= 11 is 0. The summed E-state index contributed by atoms with van der Waals surface area (Å²) in [5, 5.41) is 2.43. The maximum atomic E-state index is 11.1. The second-order valence-electron chi connectivity index (χ2n) is 4.03. The van der Waals surface area contributed by atoms with Crippen LogP contribution in [0.4, 0.5) is 4.79 Å². The molecule has 0 aromatic carbocycles. The number of carbonyl (C=O) groups is 1. The Bertz CT molecular complexity index is 307. The van der Waals surface area contributed by atoms with Gasteiger partial charge < -0.3 is 10.1 Å². The third-order valence-corrected chi connectivity index (χ3v) is 2.47. The van der Waals surface area contributed by atoms with Crippen molar-refractivity contribution in [2.24, 2.45) is 0 Å². The zero-order chi connectivity index (χ0) is 12.1. The molecule has 1 amide bonds. The summed E-state index contributed by atoms with van der Waals surface area (Å²) in [6.45, 7) is 5.46. The first kappa shape index (κ1) is 14.5. The van der Waals surface area contributed by atoms with Crippen molar-refractivity contribution >= 4 is 25.8 Å². The van der Waals surface area contributed by atoms with E-state index in [1.54, 1.807) is 20.8 Å². The van der Waals surface area contributed by atoms with E-state index in [0.717, 1.165) is 0 Å². The number of hydrogen-bond donors (Lipinski definition) is 1. The molecule has 0 aliphatic carbocycles. The smallest absolute Gasteiger partial charge is 0.407 e. The highest BCUT2D eigenvalue weighted by Gasteiger charge is 2.15. The molecule has 0 saturated carbocycles.